The lowest BCUT2D eigenvalue weighted by molar-refractivity contribution is 0.0487. The first kappa shape index (κ1) is 15.3. The SMILES string of the molecule is Cc1noc(C)c1C(=O)N1CCCN1C(=S)NC1CCCC1. The van der Waals surface area contributed by atoms with Gasteiger partial charge in [0.05, 0.1) is 5.69 Å². The minimum atomic E-state index is -0.0793. The fourth-order valence-electron chi connectivity index (χ4n) is 3.27. The van der Waals surface area contributed by atoms with Crippen molar-refractivity contribution in [3.05, 3.63) is 17.0 Å². The molecule has 2 aliphatic rings. The van der Waals surface area contributed by atoms with Gasteiger partial charge in [0.1, 0.15) is 11.3 Å². The molecule has 0 atom stereocenters. The summed E-state index contributed by atoms with van der Waals surface area (Å²) in [5, 5.41) is 11.5. The Hall–Kier alpha value is -1.63. The summed E-state index contributed by atoms with van der Waals surface area (Å²) in [5.41, 5.74) is 1.18. The Kier molecular flexibility index (Phi) is 4.33. The van der Waals surface area contributed by atoms with Crippen LogP contribution in [-0.2, 0) is 0 Å². The molecule has 1 saturated carbocycles. The minimum Gasteiger partial charge on any atom is -0.361 e. The van der Waals surface area contributed by atoms with Crippen molar-refractivity contribution in [3.63, 3.8) is 0 Å². The van der Waals surface area contributed by atoms with Gasteiger partial charge in [-0.25, -0.2) is 5.01 Å². The molecule has 22 heavy (non-hydrogen) atoms. The second kappa shape index (κ2) is 6.24. The van der Waals surface area contributed by atoms with Gasteiger partial charge in [-0.1, -0.05) is 18.0 Å². The van der Waals surface area contributed by atoms with Crippen molar-refractivity contribution >= 4 is 23.2 Å². The van der Waals surface area contributed by atoms with E-state index in [0.29, 0.717) is 34.7 Å². The van der Waals surface area contributed by atoms with Gasteiger partial charge >= 0.3 is 0 Å². The third kappa shape index (κ3) is 2.82. The molecule has 1 N–H and O–H groups in total. The van der Waals surface area contributed by atoms with E-state index in [1.807, 2.05) is 5.01 Å². The molecule has 0 unspecified atom stereocenters. The van der Waals surface area contributed by atoms with Crippen molar-refractivity contribution in [2.75, 3.05) is 13.1 Å². The zero-order chi connectivity index (χ0) is 15.7. The van der Waals surface area contributed by atoms with E-state index < -0.39 is 0 Å². The fourth-order valence-corrected chi connectivity index (χ4v) is 3.63. The molecule has 1 aromatic rings. The van der Waals surface area contributed by atoms with Gasteiger partial charge in [-0.2, -0.15) is 0 Å². The van der Waals surface area contributed by atoms with Gasteiger partial charge in [-0.3, -0.25) is 9.80 Å². The van der Waals surface area contributed by atoms with Gasteiger partial charge in [0.25, 0.3) is 5.91 Å². The van der Waals surface area contributed by atoms with E-state index in [1.165, 1.54) is 12.8 Å². The lowest BCUT2D eigenvalue weighted by atomic mass is 10.2. The van der Waals surface area contributed by atoms with Crippen LogP contribution in [0.1, 0.15) is 53.9 Å². The molecule has 0 aromatic carbocycles. The Morgan fingerprint density at radius 3 is 2.55 bits per heavy atom. The first-order chi connectivity index (χ1) is 10.6. The number of carbonyl (C=O) groups excluding carboxylic acids is 1. The van der Waals surface area contributed by atoms with Crippen LogP contribution in [0.5, 0.6) is 0 Å². The van der Waals surface area contributed by atoms with E-state index in [4.69, 9.17) is 16.7 Å². The van der Waals surface area contributed by atoms with Crippen LogP contribution < -0.4 is 5.32 Å². The Morgan fingerprint density at radius 2 is 1.91 bits per heavy atom. The van der Waals surface area contributed by atoms with Crippen molar-refractivity contribution in [3.8, 4) is 0 Å². The van der Waals surface area contributed by atoms with Gasteiger partial charge < -0.3 is 9.84 Å². The number of hydrogen-bond acceptors (Lipinski definition) is 4. The Bertz CT molecular complexity index is 561. The molecule has 1 aliphatic heterocycles. The molecule has 6 nitrogen and oxygen atoms in total. The van der Waals surface area contributed by atoms with Crippen molar-refractivity contribution in [2.24, 2.45) is 0 Å². The number of amides is 1. The summed E-state index contributed by atoms with van der Waals surface area (Å²) in [4.78, 5) is 12.8. The predicted molar refractivity (Wildman–Crippen MR) is 86.3 cm³/mol. The van der Waals surface area contributed by atoms with Crippen LogP contribution in [0.15, 0.2) is 4.52 Å². The Balaban J connectivity index is 1.72. The molecule has 7 heteroatoms. The molecule has 1 aromatic heterocycles. The number of thiocarbonyl (C=S) groups is 1. The monoisotopic (exact) mass is 322 g/mol. The van der Waals surface area contributed by atoms with Crippen LogP contribution in [0.2, 0.25) is 0 Å². The van der Waals surface area contributed by atoms with E-state index >= 15 is 0 Å². The Morgan fingerprint density at radius 1 is 1.23 bits per heavy atom. The quantitative estimate of drug-likeness (QED) is 0.842. The third-order valence-electron chi connectivity index (χ3n) is 4.43. The number of aromatic nitrogens is 1. The molecule has 3 rings (SSSR count). The molecule has 0 spiro atoms. The van der Waals surface area contributed by atoms with E-state index in [1.54, 1.807) is 18.9 Å². The average Bonchev–Trinajstić information content (AvgIpc) is 3.20. The molecule has 1 saturated heterocycles. The highest BCUT2D eigenvalue weighted by molar-refractivity contribution is 7.80. The normalized spacial score (nSPS) is 19.0. The second-order valence-corrected chi connectivity index (χ2v) is 6.42. The number of rotatable bonds is 2. The first-order valence-corrected chi connectivity index (χ1v) is 8.31. The molecular weight excluding hydrogens is 300 g/mol. The summed E-state index contributed by atoms with van der Waals surface area (Å²) in [6.07, 6.45) is 5.74. The zero-order valence-electron chi connectivity index (χ0n) is 13.1. The highest BCUT2D eigenvalue weighted by Gasteiger charge is 2.33. The molecule has 2 heterocycles. The van der Waals surface area contributed by atoms with Crippen LogP contribution in [0.3, 0.4) is 0 Å². The maximum Gasteiger partial charge on any atom is 0.277 e. The summed E-state index contributed by atoms with van der Waals surface area (Å²) in [5.74, 6) is 0.480. The number of nitrogens with zero attached hydrogens (tertiary/aromatic N) is 3. The van der Waals surface area contributed by atoms with Crippen molar-refractivity contribution in [1.82, 2.24) is 20.5 Å². The molecule has 2 fully saturated rings. The lowest BCUT2D eigenvalue weighted by Gasteiger charge is -2.31. The van der Waals surface area contributed by atoms with Crippen molar-refractivity contribution < 1.29 is 9.32 Å². The number of hydrogen-bond donors (Lipinski definition) is 1. The van der Waals surface area contributed by atoms with Crippen LogP contribution in [0, 0.1) is 13.8 Å². The molecule has 120 valence electrons. The predicted octanol–water partition coefficient (Wildman–Crippen LogP) is 2.17. The summed E-state index contributed by atoms with van der Waals surface area (Å²) in [6, 6.07) is 0.448. The van der Waals surface area contributed by atoms with E-state index in [9.17, 15) is 4.79 Å². The van der Waals surface area contributed by atoms with Crippen LogP contribution in [-0.4, -0.2) is 45.3 Å². The van der Waals surface area contributed by atoms with E-state index in [-0.39, 0.29) is 5.91 Å². The second-order valence-electron chi connectivity index (χ2n) is 6.04. The maximum absolute atomic E-state index is 12.8. The zero-order valence-corrected chi connectivity index (χ0v) is 13.9. The number of carbonyl (C=O) groups is 1. The van der Waals surface area contributed by atoms with E-state index in [0.717, 1.165) is 25.8 Å². The van der Waals surface area contributed by atoms with Gasteiger partial charge in [0.15, 0.2) is 5.11 Å². The molecule has 1 aliphatic carbocycles. The van der Waals surface area contributed by atoms with Crippen LogP contribution in [0.25, 0.3) is 0 Å². The molecular formula is C15H22N4O2S. The largest absolute Gasteiger partial charge is 0.361 e. The lowest BCUT2D eigenvalue weighted by Crippen LogP contribution is -2.51. The number of hydrazine groups is 1. The molecule has 0 radical (unpaired) electrons. The van der Waals surface area contributed by atoms with Crippen LogP contribution in [0.4, 0.5) is 0 Å². The minimum absolute atomic E-state index is 0.0793. The van der Waals surface area contributed by atoms with Crippen molar-refractivity contribution in [1.29, 1.82) is 0 Å². The Labute approximate surface area is 135 Å². The summed E-state index contributed by atoms with van der Waals surface area (Å²) in [6.45, 7) is 5.00. The van der Waals surface area contributed by atoms with Gasteiger partial charge in [0.2, 0.25) is 0 Å². The van der Waals surface area contributed by atoms with Gasteiger partial charge in [0, 0.05) is 19.1 Å². The average molecular weight is 322 g/mol. The molecule has 1 amide bonds. The number of nitrogens with one attached hydrogen (secondary N) is 1. The third-order valence-corrected chi connectivity index (χ3v) is 4.76. The smallest absolute Gasteiger partial charge is 0.277 e. The van der Waals surface area contributed by atoms with Gasteiger partial charge in [-0.15, -0.1) is 0 Å². The topological polar surface area (TPSA) is 61.6 Å². The summed E-state index contributed by atoms with van der Waals surface area (Å²) in [7, 11) is 0. The first-order valence-electron chi connectivity index (χ1n) is 7.90. The van der Waals surface area contributed by atoms with Crippen molar-refractivity contribution in [2.45, 2.75) is 52.0 Å². The fraction of sp³-hybridized carbons (Fsp3) is 0.667. The summed E-state index contributed by atoms with van der Waals surface area (Å²) >= 11 is 5.52. The summed E-state index contributed by atoms with van der Waals surface area (Å²) < 4.78 is 5.11. The van der Waals surface area contributed by atoms with Gasteiger partial charge in [-0.05, 0) is 45.3 Å². The molecule has 0 bridgehead atoms. The maximum atomic E-state index is 12.8. The van der Waals surface area contributed by atoms with E-state index in [2.05, 4.69) is 10.5 Å². The highest BCUT2D eigenvalue weighted by Crippen LogP contribution is 2.22. The standard InChI is InChI=1S/C15H22N4O2S/c1-10-13(11(2)21-17-10)14(20)18-8-5-9-19(18)15(22)16-12-6-3-4-7-12/h12H,3-9H2,1-2H3,(H,16,22). The van der Waals surface area contributed by atoms with Crippen LogP contribution >= 0.6 is 12.2 Å². The number of aryl methyl sites for hydroxylation is 2. The highest BCUT2D eigenvalue weighted by atomic mass is 32.1.